The number of carboxylic acids is 1. The van der Waals surface area contributed by atoms with E-state index >= 15 is 0 Å². The van der Waals surface area contributed by atoms with Crippen LogP contribution in [0.4, 0.5) is 0 Å². The van der Waals surface area contributed by atoms with Crippen molar-refractivity contribution < 1.29 is 9.90 Å². The van der Waals surface area contributed by atoms with Crippen LogP contribution in [0.2, 0.25) is 5.02 Å². The van der Waals surface area contributed by atoms with Crippen LogP contribution in [0, 0.1) is 0 Å². The van der Waals surface area contributed by atoms with Crippen molar-refractivity contribution in [3.63, 3.8) is 0 Å². The van der Waals surface area contributed by atoms with Crippen LogP contribution in [-0.2, 0) is 6.54 Å². The zero-order chi connectivity index (χ0) is 11.0. The number of aromatic carboxylic acids is 1. The first-order valence-corrected chi connectivity index (χ1v) is 5.03. The van der Waals surface area contributed by atoms with Crippen molar-refractivity contribution in [1.29, 1.82) is 0 Å². The topological polar surface area (TPSA) is 42.2 Å². The summed E-state index contributed by atoms with van der Waals surface area (Å²) in [5, 5.41) is 10.5. The number of aromatic nitrogens is 1. The van der Waals surface area contributed by atoms with Gasteiger partial charge in [0.2, 0.25) is 0 Å². The molecule has 0 aliphatic heterocycles. The smallest absolute Gasteiger partial charge is 0.352 e. The molecular formula is C11H10ClNO2. The van der Waals surface area contributed by atoms with Crippen molar-refractivity contribution in [2.24, 2.45) is 0 Å². The van der Waals surface area contributed by atoms with Gasteiger partial charge in [0.05, 0.1) is 5.52 Å². The fraction of sp³-hybridized carbons (Fsp3) is 0.182. The average Bonchev–Trinajstić information content (AvgIpc) is 2.55. The molecule has 78 valence electrons. The van der Waals surface area contributed by atoms with Crippen LogP contribution >= 0.6 is 11.6 Å². The molecule has 0 bridgehead atoms. The van der Waals surface area contributed by atoms with E-state index in [-0.39, 0.29) is 0 Å². The largest absolute Gasteiger partial charge is 0.477 e. The first kappa shape index (κ1) is 10.1. The van der Waals surface area contributed by atoms with E-state index in [0.717, 1.165) is 10.9 Å². The molecule has 1 aromatic carbocycles. The van der Waals surface area contributed by atoms with Gasteiger partial charge in [0, 0.05) is 17.0 Å². The molecule has 2 rings (SSSR count). The van der Waals surface area contributed by atoms with Gasteiger partial charge in [-0.15, -0.1) is 0 Å². The maximum absolute atomic E-state index is 11.0. The van der Waals surface area contributed by atoms with Crippen LogP contribution in [0.15, 0.2) is 24.3 Å². The normalized spacial score (nSPS) is 10.8. The van der Waals surface area contributed by atoms with Crippen LogP contribution < -0.4 is 0 Å². The molecule has 0 radical (unpaired) electrons. The van der Waals surface area contributed by atoms with Gasteiger partial charge in [-0.05, 0) is 25.1 Å². The minimum Gasteiger partial charge on any atom is -0.477 e. The molecule has 0 fully saturated rings. The minimum absolute atomic E-state index is 0.301. The van der Waals surface area contributed by atoms with E-state index in [9.17, 15) is 4.79 Å². The summed E-state index contributed by atoms with van der Waals surface area (Å²) in [5.74, 6) is -0.913. The number of carboxylic acid groups (broad SMARTS) is 1. The van der Waals surface area contributed by atoms with Crippen LogP contribution in [0.1, 0.15) is 17.4 Å². The Labute approximate surface area is 91.9 Å². The third kappa shape index (κ3) is 1.59. The van der Waals surface area contributed by atoms with Crippen LogP contribution in [-0.4, -0.2) is 15.6 Å². The number of aryl methyl sites for hydroxylation is 1. The van der Waals surface area contributed by atoms with Crippen LogP contribution in [0.3, 0.4) is 0 Å². The van der Waals surface area contributed by atoms with Crippen molar-refractivity contribution in [1.82, 2.24) is 4.57 Å². The van der Waals surface area contributed by atoms with Gasteiger partial charge in [0.15, 0.2) is 0 Å². The predicted octanol–water partition coefficient (Wildman–Crippen LogP) is 3.01. The van der Waals surface area contributed by atoms with Gasteiger partial charge in [0.25, 0.3) is 0 Å². The standard InChI is InChI=1S/C11H10ClNO2/c1-2-13-9-6-8(12)4-3-7(9)5-10(13)11(14)15/h3-6H,2H2,1H3,(H,14,15). The Morgan fingerprint density at radius 1 is 1.47 bits per heavy atom. The van der Waals surface area contributed by atoms with Crippen molar-refractivity contribution in [2.75, 3.05) is 0 Å². The molecule has 1 heterocycles. The number of hydrogen-bond donors (Lipinski definition) is 1. The molecule has 1 N–H and O–H groups in total. The molecule has 2 aromatic rings. The lowest BCUT2D eigenvalue weighted by atomic mass is 10.2. The highest BCUT2D eigenvalue weighted by atomic mass is 35.5. The molecule has 3 nitrogen and oxygen atoms in total. The summed E-state index contributed by atoms with van der Waals surface area (Å²) >= 11 is 5.88. The Bertz CT molecular complexity index is 531. The van der Waals surface area contributed by atoms with E-state index in [1.807, 2.05) is 13.0 Å². The van der Waals surface area contributed by atoms with Gasteiger partial charge in [-0.1, -0.05) is 17.7 Å². The van der Waals surface area contributed by atoms with Crippen LogP contribution in [0.5, 0.6) is 0 Å². The van der Waals surface area contributed by atoms with Crippen molar-refractivity contribution in [2.45, 2.75) is 13.5 Å². The van der Waals surface area contributed by atoms with E-state index in [2.05, 4.69) is 0 Å². The SMILES string of the molecule is CCn1c(C(=O)O)cc2ccc(Cl)cc21. The summed E-state index contributed by atoms with van der Waals surface area (Å²) in [6.45, 7) is 2.53. The first-order chi connectivity index (χ1) is 7.13. The van der Waals surface area contributed by atoms with E-state index in [1.165, 1.54) is 0 Å². The molecule has 0 aliphatic rings. The second-order valence-electron chi connectivity index (χ2n) is 3.28. The predicted molar refractivity (Wildman–Crippen MR) is 59.6 cm³/mol. The molecule has 15 heavy (non-hydrogen) atoms. The summed E-state index contributed by atoms with van der Waals surface area (Å²) in [6, 6.07) is 7.04. The fourth-order valence-electron chi connectivity index (χ4n) is 1.75. The lowest BCUT2D eigenvalue weighted by molar-refractivity contribution is 0.0686. The highest BCUT2D eigenvalue weighted by molar-refractivity contribution is 6.31. The first-order valence-electron chi connectivity index (χ1n) is 4.65. The Morgan fingerprint density at radius 3 is 2.80 bits per heavy atom. The zero-order valence-electron chi connectivity index (χ0n) is 8.20. The highest BCUT2D eigenvalue weighted by Gasteiger charge is 2.13. The molecule has 0 saturated carbocycles. The summed E-state index contributed by atoms with van der Waals surface area (Å²) in [7, 11) is 0. The summed E-state index contributed by atoms with van der Waals surface area (Å²) in [6.07, 6.45) is 0. The van der Waals surface area contributed by atoms with Crippen molar-refractivity contribution in [3.8, 4) is 0 Å². The van der Waals surface area contributed by atoms with E-state index < -0.39 is 5.97 Å². The molecule has 4 heteroatoms. The monoisotopic (exact) mass is 223 g/mol. The number of nitrogens with zero attached hydrogens (tertiary/aromatic N) is 1. The molecule has 0 unspecified atom stereocenters. The van der Waals surface area contributed by atoms with Gasteiger partial charge in [-0.3, -0.25) is 0 Å². The number of hydrogen-bond acceptors (Lipinski definition) is 1. The Morgan fingerprint density at radius 2 is 2.20 bits per heavy atom. The molecular weight excluding hydrogens is 214 g/mol. The van der Waals surface area contributed by atoms with Gasteiger partial charge in [-0.25, -0.2) is 4.79 Å². The van der Waals surface area contributed by atoms with E-state index in [0.29, 0.717) is 17.3 Å². The maximum atomic E-state index is 11.0. The molecule has 0 spiro atoms. The number of fused-ring (bicyclic) bond motifs is 1. The molecule has 0 aliphatic carbocycles. The Balaban J connectivity index is 2.79. The van der Waals surface area contributed by atoms with E-state index in [1.54, 1.807) is 22.8 Å². The van der Waals surface area contributed by atoms with Gasteiger partial charge in [-0.2, -0.15) is 0 Å². The second kappa shape index (κ2) is 3.59. The fourth-order valence-corrected chi connectivity index (χ4v) is 1.91. The lowest BCUT2D eigenvalue weighted by Gasteiger charge is -2.03. The van der Waals surface area contributed by atoms with Crippen molar-refractivity contribution >= 4 is 28.5 Å². The molecule has 0 amide bonds. The minimum atomic E-state index is -0.913. The molecule has 0 saturated heterocycles. The third-order valence-electron chi connectivity index (χ3n) is 2.40. The molecule has 0 atom stereocenters. The Kier molecular flexibility index (Phi) is 2.40. The third-order valence-corrected chi connectivity index (χ3v) is 2.64. The van der Waals surface area contributed by atoms with Gasteiger partial charge in [0.1, 0.15) is 5.69 Å². The summed E-state index contributed by atoms with van der Waals surface area (Å²) in [5.41, 5.74) is 1.16. The number of carbonyl (C=O) groups is 1. The van der Waals surface area contributed by atoms with Gasteiger partial charge < -0.3 is 9.67 Å². The second-order valence-corrected chi connectivity index (χ2v) is 3.72. The average molecular weight is 224 g/mol. The number of halogens is 1. The summed E-state index contributed by atoms with van der Waals surface area (Å²) < 4.78 is 1.74. The lowest BCUT2D eigenvalue weighted by Crippen LogP contribution is -2.06. The zero-order valence-corrected chi connectivity index (χ0v) is 8.95. The number of benzene rings is 1. The Hall–Kier alpha value is -1.48. The van der Waals surface area contributed by atoms with Gasteiger partial charge >= 0.3 is 5.97 Å². The van der Waals surface area contributed by atoms with Crippen LogP contribution in [0.25, 0.3) is 10.9 Å². The van der Waals surface area contributed by atoms with E-state index in [4.69, 9.17) is 16.7 Å². The van der Waals surface area contributed by atoms with Crippen molar-refractivity contribution in [3.05, 3.63) is 35.0 Å². The maximum Gasteiger partial charge on any atom is 0.352 e. The quantitative estimate of drug-likeness (QED) is 0.851. The number of rotatable bonds is 2. The highest BCUT2D eigenvalue weighted by Crippen LogP contribution is 2.23. The molecule has 1 aromatic heterocycles. The summed E-state index contributed by atoms with van der Waals surface area (Å²) in [4.78, 5) is 11.0.